The van der Waals surface area contributed by atoms with Crippen LogP contribution in [0.4, 0.5) is 8.78 Å². The Morgan fingerprint density at radius 1 is 1.38 bits per heavy atom. The molecule has 0 aromatic carbocycles. The number of halogens is 4. The molecule has 1 aromatic rings. The number of hydrogen-bond acceptors (Lipinski definition) is 3. The second kappa shape index (κ2) is 4.26. The van der Waals surface area contributed by atoms with Crippen LogP contribution < -0.4 is 0 Å². The van der Waals surface area contributed by atoms with Crippen LogP contribution in [0.5, 0.6) is 0 Å². The van der Waals surface area contributed by atoms with Gasteiger partial charge in [0.25, 0.3) is 0 Å². The van der Waals surface area contributed by atoms with Crippen molar-refractivity contribution in [2.24, 2.45) is 0 Å². The van der Waals surface area contributed by atoms with Crippen LogP contribution in [0.2, 0.25) is 0 Å². The number of nitrogens with zero attached hydrogens (tertiary/aromatic N) is 2. The highest BCUT2D eigenvalue weighted by Crippen LogP contribution is 2.36. The van der Waals surface area contributed by atoms with Gasteiger partial charge in [-0.25, -0.2) is 9.97 Å². The number of hydrogen-bond donors (Lipinski definition) is 1. The Morgan fingerprint density at radius 2 is 1.85 bits per heavy atom. The normalized spacial score (nSPS) is 14.2. The Hall–Kier alpha value is 0.360. The molecule has 0 spiro atoms. The molecule has 0 saturated carbocycles. The van der Waals surface area contributed by atoms with Gasteiger partial charge in [-0.15, -0.1) is 0 Å². The van der Waals surface area contributed by atoms with Gasteiger partial charge in [0.15, 0.2) is 9.94 Å². The number of aromatic nitrogens is 2. The van der Waals surface area contributed by atoms with Crippen LogP contribution in [0.3, 0.4) is 0 Å². The lowest BCUT2D eigenvalue weighted by Crippen LogP contribution is -2.18. The largest absolute Gasteiger partial charge is 0.381 e. The molecule has 1 unspecified atom stereocenters. The van der Waals surface area contributed by atoms with Gasteiger partial charge in [-0.2, -0.15) is 8.78 Å². The predicted molar refractivity (Wildman–Crippen MR) is 58.7 cm³/mol. The van der Waals surface area contributed by atoms with E-state index in [1.54, 1.807) is 0 Å². The minimum absolute atomic E-state index is 0.0137. The molecule has 0 bridgehead atoms. The van der Waals surface area contributed by atoms with Gasteiger partial charge in [0.2, 0.25) is 0 Å². The minimum atomic E-state index is -3.20. The lowest BCUT2D eigenvalue weighted by molar-refractivity contribution is -0.0210. The van der Waals surface area contributed by atoms with Crippen LogP contribution in [0.1, 0.15) is 11.7 Å². The molecule has 1 heterocycles. The van der Waals surface area contributed by atoms with Crippen molar-refractivity contribution in [3.63, 3.8) is 0 Å². The van der Waals surface area contributed by atoms with Crippen LogP contribution in [0.25, 0.3) is 0 Å². The lowest BCUT2D eigenvalue weighted by Gasteiger charge is -2.15. The van der Waals surface area contributed by atoms with Crippen LogP contribution in [0.15, 0.2) is 12.4 Å². The van der Waals surface area contributed by atoms with E-state index in [1.165, 1.54) is 12.4 Å². The summed E-state index contributed by atoms with van der Waals surface area (Å²) >= 11 is 2.72. The van der Waals surface area contributed by atoms with Gasteiger partial charge in [0, 0.05) is 63.1 Å². The first-order valence-electron chi connectivity index (χ1n) is 3.13. The molecule has 0 radical (unpaired) electrons. The third kappa shape index (κ3) is 3.20. The van der Waals surface area contributed by atoms with Crippen LogP contribution in [0, 0.1) is 3.83 Å². The molecule has 72 valence electrons. The second-order valence-corrected chi connectivity index (χ2v) is 4.63. The highest BCUT2D eigenvalue weighted by molar-refractivity contribution is 14.1. The van der Waals surface area contributed by atoms with E-state index in [0.29, 0.717) is 3.83 Å². The first kappa shape index (κ1) is 11.4. The fourth-order valence-electron chi connectivity index (χ4n) is 0.652. The van der Waals surface area contributed by atoms with Crippen molar-refractivity contribution in [3.05, 3.63) is 21.8 Å². The first-order chi connectivity index (χ1) is 5.91. The molecule has 1 rings (SSSR count). The van der Waals surface area contributed by atoms with Gasteiger partial charge in [-0.3, -0.25) is 0 Å². The zero-order valence-corrected chi connectivity index (χ0v) is 10.4. The van der Waals surface area contributed by atoms with E-state index in [4.69, 9.17) is 5.11 Å². The molecular formula is C6H4F2I2N2O. The van der Waals surface area contributed by atoms with E-state index < -0.39 is 10.0 Å². The van der Waals surface area contributed by atoms with Gasteiger partial charge in [-0.1, -0.05) is 0 Å². The molecule has 0 aliphatic heterocycles. The van der Waals surface area contributed by atoms with Crippen molar-refractivity contribution in [3.8, 4) is 0 Å². The molecule has 0 saturated heterocycles. The van der Waals surface area contributed by atoms with Crippen LogP contribution >= 0.6 is 45.2 Å². The summed E-state index contributed by atoms with van der Waals surface area (Å²) < 4.78 is 22.4. The highest BCUT2D eigenvalue weighted by atomic mass is 127. The van der Waals surface area contributed by atoms with Crippen molar-refractivity contribution < 1.29 is 13.9 Å². The molecule has 0 aliphatic carbocycles. The highest BCUT2D eigenvalue weighted by Gasteiger charge is 2.36. The molecule has 1 N–H and O–H groups in total. The van der Waals surface area contributed by atoms with Gasteiger partial charge >= 0.3 is 3.93 Å². The third-order valence-corrected chi connectivity index (χ3v) is 2.41. The fraction of sp³-hybridized carbons (Fsp3) is 0.333. The van der Waals surface area contributed by atoms with Crippen molar-refractivity contribution in [1.82, 2.24) is 9.97 Å². The Kier molecular flexibility index (Phi) is 3.74. The zero-order chi connectivity index (χ0) is 10.1. The molecule has 0 aliphatic rings. The van der Waals surface area contributed by atoms with E-state index in [-0.39, 0.29) is 5.56 Å². The zero-order valence-electron chi connectivity index (χ0n) is 6.09. The average Bonchev–Trinajstić information content (AvgIpc) is 2.03. The summed E-state index contributed by atoms with van der Waals surface area (Å²) in [6.07, 6.45) is 0.517. The molecule has 7 heteroatoms. The Labute approximate surface area is 100 Å². The van der Waals surface area contributed by atoms with E-state index in [2.05, 4.69) is 9.97 Å². The fourth-order valence-corrected chi connectivity index (χ4v) is 1.29. The van der Waals surface area contributed by atoms with Gasteiger partial charge in [0.05, 0.1) is 0 Å². The summed E-state index contributed by atoms with van der Waals surface area (Å²) in [5.41, 5.74) is 0.0137. The van der Waals surface area contributed by atoms with Gasteiger partial charge in [0.1, 0.15) is 0 Å². The Balaban J connectivity index is 2.90. The van der Waals surface area contributed by atoms with Crippen molar-refractivity contribution in [1.29, 1.82) is 0 Å². The summed E-state index contributed by atoms with van der Waals surface area (Å²) in [4.78, 5) is 7.39. The smallest absolute Gasteiger partial charge is 0.325 e. The molecule has 0 amide bonds. The summed E-state index contributed by atoms with van der Waals surface area (Å²) in [5, 5.41) is 9.11. The van der Waals surface area contributed by atoms with Crippen LogP contribution in [-0.2, 0) is 0 Å². The van der Waals surface area contributed by atoms with Crippen molar-refractivity contribution in [2.75, 3.05) is 0 Å². The predicted octanol–water partition coefficient (Wildman–Crippen LogP) is 2.14. The van der Waals surface area contributed by atoms with E-state index >= 15 is 0 Å². The molecule has 1 atom stereocenters. The summed E-state index contributed by atoms with van der Waals surface area (Å²) in [5.74, 6) is 0. The van der Waals surface area contributed by atoms with E-state index in [1.807, 2.05) is 22.6 Å². The Bertz CT molecular complexity index is 288. The standard InChI is InChI=1S/C6H4F2I2N2O/c7-6(8,10)4(13)3-1-11-5(9)12-2-3/h1-2,4,13H. The van der Waals surface area contributed by atoms with E-state index in [9.17, 15) is 8.78 Å². The summed E-state index contributed by atoms with van der Waals surface area (Å²) in [7, 11) is 0. The van der Waals surface area contributed by atoms with Crippen molar-refractivity contribution in [2.45, 2.75) is 10.0 Å². The molecule has 1 aromatic heterocycles. The maximum Gasteiger partial charge on any atom is 0.325 e. The third-order valence-electron chi connectivity index (χ3n) is 1.27. The average molecular weight is 412 g/mol. The quantitative estimate of drug-likeness (QED) is 0.461. The Morgan fingerprint density at radius 3 is 2.23 bits per heavy atom. The topological polar surface area (TPSA) is 46.0 Å². The van der Waals surface area contributed by atoms with Crippen LogP contribution in [-0.4, -0.2) is 19.0 Å². The summed E-state index contributed by atoms with van der Waals surface area (Å²) in [6, 6.07) is 0. The van der Waals surface area contributed by atoms with Gasteiger partial charge in [-0.05, 0) is 0 Å². The first-order valence-corrected chi connectivity index (χ1v) is 5.29. The number of aliphatic hydroxyl groups excluding tert-OH is 1. The SMILES string of the molecule is OC(c1cnc(I)nc1)C(F)(F)I. The number of rotatable bonds is 2. The maximum absolute atomic E-state index is 12.6. The van der Waals surface area contributed by atoms with Gasteiger partial charge < -0.3 is 5.11 Å². The molecule has 0 fully saturated rings. The second-order valence-electron chi connectivity index (χ2n) is 2.23. The molecular weight excluding hydrogens is 408 g/mol. The van der Waals surface area contributed by atoms with E-state index in [0.717, 1.165) is 22.6 Å². The van der Waals surface area contributed by atoms with Crippen molar-refractivity contribution >= 4 is 45.2 Å². The molecule has 13 heavy (non-hydrogen) atoms. The lowest BCUT2D eigenvalue weighted by atomic mass is 10.2. The summed E-state index contributed by atoms with van der Waals surface area (Å²) in [6.45, 7) is 0. The number of aliphatic hydroxyl groups is 1. The molecule has 3 nitrogen and oxygen atoms in total. The minimum Gasteiger partial charge on any atom is -0.381 e. The number of alkyl halides is 3. The maximum atomic E-state index is 12.6. The monoisotopic (exact) mass is 412 g/mol.